The molecule has 2 heterocycles. The molecule has 0 spiro atoms. The predicted octanol–water partition coefficient (Wildman–Crippen LogP) is 3.62. The standard InChI is InChI=1S/C20H16FN3O3/c21-15-3-1-2-4-16(15)24-14-6-7-17(22-11-14)20(25)23-10-13-5-8-18-19(9-13)27-12-26-18/h1-9,11,24H,10,12H2,(H,23,25). The summed E-state index contributed by atoms with van der Waals surface area (Å²) in [5.41, 5.74) is 2.10. The summed E-state index contributed by atoms with van der Waals surface area (Å²) in [6.45, 7) is 0.550. The molecule has 0 unspecified atom stereocenters. The zero-order chi connectivity index (χ0) is 18.6. The SMILES string of the molecule is O=C(NCc1ccc2c(c1)OCO2)c1ccc(Nc2ccccc2F)cn1. The molecule has 4 rings (SSSR count). The average molecular weight is 365 g/mol. The van der Waals surface area contributed by atoms with Crippen LogP contribution in [0.15, 0.2) is 60.8 Å². The number of aromatic nitrogens is 1. The molecule has 0 atom stereocenters. The maximum atomic E-state index is 13.7. The summed E-state index contributed by atoms with van der Waals surface area (Å²) in [4.78, 5) is 16.4. The van der Waals surface area contributed by atoms with Gasteiger partial charge < -0.3 is 20.1 Å². The molecule has 7 heteroatoms. The van der Waals surface area contributed by atoms with E-state index in [2.05, 4.69) is 15.6 Å². The second-order valence-electron chi connectivity index (χ2n) is 5.91. The second kappa shape index (κ2) is 7.33. The highest BCUT2D eigenvalue weighted by Crippen LogP contribution is 2.32. The molecule has 0 radical (unpaired) electrons. The molecule has 0 saturated heterocycles. The molecule has 1 aliphatic heterocycles. The van der Waals surface area contributed by atoms with Gasteiger partial charge in [-0.25, -0.2) is 9.37 Å². The van der Waals surface area contributed by atoms with Gasteiger partial charge >= 0.3 is 0 Å². The van der Waals surface area contributed by atoms with Gasteiger partial charge in [0.2, 0.25) is 6.79 Å². The second-order valence-corrected chi connectivity index (χ2v) is 5.91. The molecular formula is C20H16FN3O3. The van der Waals surface area contributed by atoms with E-state index in [1.54, 1.807) is 30.3 Å². The molecule has 1 aromatic heterocycles. The number of rotatable bonds is 5. The van der Waals surface area contributed by atoms with Crippen LogP contribution in [0, 0.1) is 5.82 Å². The molecule has 6 nitrogen and oxygen atoms in total. The number of para-hydroxylation sites is 1. The average Bonchev–Trinajstić information content (AvgIpc) is 3.16. The third-order valence-electron chi connectivity index (χ3n) is 4.04. The largest absolute Gasteiger partial charge is 0.454 e. The van der Waals surface area contributed by atoms with Crippen LogP contribution in [0.4, 0.5) is 15.8 Å². The highest BCUT2D eigenvalue weighted by atomic mass is 19.1. The van der Waals surface area contributed by atoms with Crippen LogP contribution in [0.2, 0.25) is 0 Å². The molecule has 0 aliphatic carbocycles. The van der Waals surface area contributed by atoms with Crippen molar-refractivity contribution in [3.8, 4) is 11.5 Å². The number of carbonyl (C=O) groups is 1. The van der Waals surface area contributed by atoms with Crippen LogP contribution in [-0.2, 0) is 6.54 Å². The van der Waals surface area contributed by atoms with Gasteiger partial charge in [0, 0.05) is 6.54 Å². The minimum atomic E-state index is -0.358. The van der Waals surface area contributed by atoms with E-state index in [-0.39, 0.29) is 24.2 Å². The Kier molecular flexibility index (Phi) is 4.57. The molecular weight excluding hydrogens is 349 g/mol. The van der Waals surface area contributed by atoms with Crippen molar-refractivity contribution in [1.29, 1.82) is 0 Å². The van der Waals surface area contributed by atoms with Gasteiger partial charge in [0.1, 0.15) is 11.5 Å². The number of ether oxygens (including phenoxy) is 2. The Hall–Kier alpha value is -3.61. The lowest BCUT2D eigenvalue weighted by molar-refractivity contribution is 0.0946. The van der Waals surface area contributed by atoms with Crippen LogP contribution >= 0.6 is 0 Å². The van der Waals surface area contributed by atoms with E-state index in [1.165, 1.54) is 12.3 Å². The van der Waals surface area contributed by atoms with Crippen molar-refractivity contribution in [3.05, 3.63) is 77.9 Å². The number of benzene rings is 2. The van der Waals surface area contributed by atoms with E-state index in [0.717, 1.165) is 5.56 Å². The van der Waals surface area contributed by atoms with Gasteiger partial charge in [-0.2, -0.15) is 0 Å². The van der Waals surface area contributed by atoms with Crippen LogP contribution in [0.5, 0.6) is 11.5 Å². The van der Waals surface area contributed by atoms with Crippen LogP contribution in [0.1, 0.15) is 16.1 Å². The summed E-state index contributed by atoms with van der Waals surface area (Å²) < 4.78 is 24.2. The first-order chi connectivity index (χ1) is 13.2. The number of carbonyl (C=O) groups excluding carboxylic acids is 1. The highest BCUT2D eigenvalue weighted by Gasteiger charge is 2.14. The molecule has 2 aromatic carbocycles. The van der Waals surface area contributed by atoms with Crippen LogP contribution in [0.3, 0.4) is 0 Å². The number of fused-ring (bicyclic) bond motifs is 1. The van der Waals surface area contributed by atoms with Crippen molar-refractivity contribution < 1.29 is 18.7 Å². The van der Waals surface area contributed by atoms with E-state index in [0.29, 0.717) is 29.4 Å². The fourth-order valence-electron chi connectivity index (χ4n) is 2.64. The summed E-state index contributed by atoms with van der Waals surface area (Å²) in [7, 11) is 0. The summed E-state index contributed by atoms with van der Waals surface area (Å²) in [6, 6.07) is 15.1. The number of anilines is 2. The smallest absolute Gasteiger partial charge is 0.270 e. The fraction of sp³-hybridized carbons (Fsp3) is 0.100. The number of hydrogen-bond acceptors (Lipinski definition) is 5. The molecule has 3 aromatic rings. The van der Waals surface area contributed by atoms with Crippen molar-refractivity contribution in [1.82, 2.24) is 10.3 Å². The van der Waals surface area contributed by atoms with E-state index < -0.39 is 0 Å². The predicted molar refractivity (Wildman–Crippen MR) is 97.7 cm³/mol. The number of halogens is 1. The first-order valence-electron chi connectivity index (χ1n) is 8.33. The number of nitrogens with zero attached hydrogens (tertiary/aromatic N) is 1. The Morgan fingerprint density at radius 2 is 1.93 bits per heavy atom. The van der Waals surface area contributed by atoms with Gasteiger partial charge in [0.05, 0.1) is 17.6 Å². The Morgan fingerprint density at radius 3 is 2.74 bits per heavy atom. The molecule has 0 bridgehead atoms. The summed E-state index contributed by atoms with van der Waals surface area (Å²) in [5.74, 6) is 0.710. The van der Waals surface area contributed by atoms with Gasteiger partial charge in [-0.1, -0.05) is 18.2 Å². The van der Waals surface area contributed by atoms with Crippen LogP contribution in [-0.4, -0.2) is 17.7 Å². The van der Waals surface area contributed by atoms with E-state index in [1.807, 2.05) is 18.2 Å². The first-order valence-corrected chi connectivity index (χ1v) is 8.33. The van der Waals surface area contributed by atoms with Gasteiger partial charge in [-0.3, -0.25) is 4.79 Å². The van der Waals surface area contributed by atoms with E-state index >= 15 is 0 Å². The van der Waals surface area contributed by atoms with Crippen molar-refractivity contribution in [3.63, 3.8) is 0 Å². The first kappa shape index (κ1) is 16.8. The summed E-state index contributed by atoms with van der Waals surface area (Å²) in [5, 5.41) is 5.73. The van der Waals surface area contributed by atoms with E-state index in [9.17, 15) is 9.18 Å². The van der Waals surface area contributed by atoms with Crippen molar-refractivity contribution in [2.24, 2.45) is 0 Å². The number of hydrogen-bond donors (Lipinski definition) is 2. The maximum absolute atomic E-state index is 13.7. The minimum Gasteiger partial charge on any atom is -0.454 e. The molecule has 0 saturated carbocycles. The molecule has 27 heavy (non-hydrogen) atoms. The Bertz CT molecular complexity index is 976. The molecule has 136 valence electrons. The fourth-order valence-corrected chi connectivity index (χ4v) is 2.64. The van der Waals surface area contributed by atoms with Gasteiger partial charge in [-0.05, 0) is 42.0 Å². The Morgan fingerprint density at radius 1 is 1.07 bits per heavy atom. The zero-order valence-corrected chi connectivity index (χ0v) is 14.2. The Balaban J connectivity index is 1.37. The van der Waals surface area contributed by atoms with Crippen molar-refractivity contribution >= 4 is 17.3 Å². The minimum absolute atomic E-state index is 0.211. The van der Waals surface area contributed by atoms with Crippen molar-refractivity contribution in [2.75, 3.05) is 12.1 Å². The van der Waals surface area contributed by atoms with Crippen LogP contribution < -0.4 is 20.1 Å². The lowest BCUT2D eigenvalue weighted by Gasteiger charge is -2.08. The van der Waals surface area contributed by atoms with Crippen LogP contribution in [0.25, 0.3) is 0 Å². The van der Waals surface area contributed by atoms with Crippen molar-refractivity contribution in [2.45, 2.75) is 6.54 Å². The normalized spacial score (nSPS) is 11.9. The van der Waals surface area contributed by atoms with Gasteiger partial charge in [0.25, 0.3) is 5.91 Å². The summed E-state index contributed by atoms with van der Waals surface area (Å²) >= 11 is 0. The molecule has 1 aliphatic rings. The zero-order valence-electron chi connectivity index (χ0n) is 14.2. The monoisotopic (exact) mass is 365 g/mol. The van der Waals surface area contributed by atoms with E-state index in [4.69, 9.17) is 9.47 Å². The third kappa shape index (κ3) is 3.82. The highest BCUT2D eigenvalue weighted by molar-refractivity contribution is 5.92. The summed E-state index contributed by atoms with van der Waals surface area (Å²) in [6.07, 6.45) is 1.49. The van der Waals surface area contributed by atoms with Gasteiger partial charge in [0.15, 0.2) is 11.5 Å². The maximum Gasteiger partial charge on any atom is 0.270 e. The topological polar surface area (TPSA) is 72.5 Å². The van der Waals surface area contributed by atoms with Gasteiger partial charge in [-0.15, -0.1) is 0 Å². The lowest BCUT2D eigenvalue weighted by Crippen LogP contribution is -2.23. The molecule has 0 fully saturated rings. The number of pyridine rings is 1. The number of nitrogens with one attached hydrogen (secondary N) is 2. The lowest BCUT2D eigenvalue weighted by atomic mass is 10.2. The Labute approximate surface area is 155 Å². The number of amides is 1. The quantitative estimate of drug-likeness (QED) is 0.722. The molecule has 2 N–H and O–H groups in total. The molecule has 1 amide bonds. The third-order valence-corrected chi connectivity index (χ3v) is 4.04.